The summed E-state index contributed by atoms with van der Waals surface area (Å²) in [7, 11) is 0. The molecule has 1 heterocycles. The second-order valence-electron chi connectivity index (χ2n) is 8.00. The van der Waals surface area contributed by atoms with Crippen molar-refractivity contribution in [3.05, 3.63) is 53.9 Å². The normalized spacial score (nSPS) is 16.8. The Morgan fingerprint density at radius 2 is 1.90 bits per heavy atom. The van der Waals surface area contributed by atoms with Gasteiger partial charge in [0.1, 0.15) is 5.54 Å². The number of nitrogens with zero attached hydrogens (tertiary/aromatic N) is 3. The van der Waals surface area contributed by atoms with Crippen LogP contribution in [0.15, 0.2) is 42.6 Å². The molecule has 2 atom stereocenters. The van der Waals surface area contributed by atoms with Crippen LogP contribution in [0.25, 0.3) is 11.1 Å². The van der Waals surface area contributed by atoms with Crippen LogP contribution in [0.4, 0.5) is 13.2 Å². The van der Waals surface area contributed by atoms with Gasteiger partial charge in [0.25, 0.3) is 0 Å². The standard InChI is InChI=1S/C23H25F3N4O/c1-3-4-19(28)21(31)30(22(14-27)10-11-22)20(23(24,25)26)17-7-5-16(6-8-17)18-9-12-29-15(2)13-18/h5-9,12-13,19-20H,3-4,10-11,28H2,1-2H3/t19-,20-/m0/s1. The first-order valence-corrected chi connectivity index (χ1v) is 10.2. The van der Waals surface area contributed by atoms with Gasteiger partial charge in [-0.2, -0.15) is 18.4 Å². The maximum atomic E-state index is 14.3. The number of nitrogens with two attached hydrogens (primary N) is 1. The molecule has 8 heteroatoms. The summed E-state index contributed by atoms with van der Waals surface area (Å²) in [5, 5.41) is 9.61. The van der Waals surface area contributed by atoms with E-state index in [2.05, 4.69) is 4.98 Å². The van der Waals surface area contributed by atoms with Crippen molar-refractivity contribution in [1.29, 1.82) is 5.26 Å². The molecule has 31 heavy (non-hydrogen) atoms. The van der Waals surface area contributed by atoms with Crippen molar-refractivity contribution in [1.82, 2.24) is 9.88 Å². The highest BCUT2D eigenvalue weighted by atomic mass is 19.4. The Morgan fingerprint density at radius 3 is 2.39 bits per heavy atom. The molecule has 1 fully saturated rings. The molecule has 2 aromatic rings. The Kier molecular flexibility index (Phi) is 6.37. The Hall–Kier alpha value is -2.92. The molecule has 1 aliphatic rings. The predicted octanol–water partition coefficient (Wildman–Crippen LogP) is 4.67. The number of benzene rings is 1. The van der Waals surface area contributed by atoms with E-state index in [1.807, 2.05) is 19.1 Å². The Bertz CT molecular complexity index is 978. The molecule has 1 aromatic carbocycles. The van der Waals surface area contributed by atoms with Gasteiger partial charge in [0.15, 0.2) is 6.04 Å². The highest BCUT2D eigenvalue weighted by Gasteiger charge is 2.60. The van der Waals surface area contributed by atoms with Crippen LogP contribution in [-0.4, -0.2) is 33.5 Å². The minimum absolute atomic E-state index is 0.0967. The van der Waals surface area contributed by atoms with Gasteiger partial charge in [0, 0.05) is 11.9 Å². The van der Waals surface area contributed by atoms with Gasteiger partial charge in [0.2, 0.25) is 5.91 Å². The lowest BCUT2D eigenvalue weighted by Crippen LogP contribution is -2.54. The molecule has 0 bridgehead atoms. The van der Waals surface area contributed by atoms with Gasteiger partial charge in [-0.25, -0.2) is 0 Å². The van der Waals surface area contributed by atoms with Crippen molar-refractivity contribution in [2.75, 3.05) is 0 Å². The van der Waals surface area contributed by atoms with E-state index in [9.17, 15) is 23.2 Å². The molecular formula is C23H25F3N4O. The summed E-state index contributed by atoms with van der Waals surface area (Å²) in [5.41, 5.74) is 6.70. The van der Waals surface area contributed by atoms with Gasteiger partial charge in [-0.1, -0.05) is 37.6 Å². The lowest BCUT2D eigenvalue weighted by molar-refractivity contribution is -0.197. The van der Waals surface area contributed by atoms with Crippen molar-refractivity contribution >= 4 is 5.91 Å². The molecule has 0 spiro atoms. The average Bonchev–Trinajstić information content (AvgIpc) is 3.52. The molecule has 0 saturated heterocycles. The number of amides is 1. The molecule has 1 aliphatic carbocycles. The summed E-state index contributed by atoms with van der Waals surface area (Å²) >= 11 is 0. The zero-order valence-corrected chi connectivity index (χ0v) is 17.5. The second kappa shape index (κ2) is 8.67. The smallest absolute Gasteiger partial charge is 0.320 e. The third kappa shape index (κ3) is 4.72. The van der Waals surface area contributed by atoms with E-state index in [-0.39, 0.29) is 24.8 Å². The minimum atomic E-state index is -4.76. The zero-order chi connectivity index (χ0) is 22.8. The van der Waals surface area contributed by atoms with Gasteiger partial charge >= 0.3 is 6.18 Å². The number of hydrogen-bond donors (Lipinski definition) is 1. The summed E-state index contributed by atoms with van der Waals surface area (Å²) in [4.78, 5) is 17.8. The lowest BCUT2D eigenvalue weighted by Gasteiger charge is -2.38. The van der Waals surface area contributed by atoms with Gasteiger partial charge in [-0.15, -0.1) is 0 Å². The molecule has 1 amide bonds. The third-order valence-corrected chi connectivity index (χ3v) is 5.57. The maximum Gasteiger partial charge on any atom is 0.413 e. The van der Waals surface area contributed by atoms with E-state index in [0.717, 1.165) is 16.8 Å². The molecule has 5 nitrogen and oxygen atoms in total. The second-order valence-corrected chi connectivity index (χ2v) is 8.00. The van der Waals surface area contributed by atoms with Crippen molar-refractivity contribution in [3.8, 4) is 17.2 Å². The Balaban J connectivity index is 2.04. The fourth-order valence-electron chi connectivity index (χ4n) is 3.79. The molecule has 2 N–H and O–H groups in total. The van der Waals surface area contributed by atoms with Crippen molar-refractivity contribution in [3.63, 3.8) is 0 Å². The number of halogens is 3. The summed E-state index contributed by atoms with van der Waals surface area (Å²) in [6.45, 7) is 3.63. The Morgan fingerprint density at radius 1 is 1.26 bits per heavy atom. The maximum absolute atomic E-state index is 14.3. The van der Waals surface area contributed by atoms with Gasteiger partial charge in [-0.3, -0.25) is 9.78 Å². The van der Waals surface area contributed by atoms with E-state index in [0.29, 0.717) is 11.3 Å². The number of carbonyl (C=O) groups excluding carboxylic acids is 1. The van der Waals surface area contributed by atoms with E-state index >= 15 is 0 Å². The number of rotatable bonds is 7. The number of alkyl halides is 3. The SMILES string of the molecule is CCC[C@H](N)C(=O)N([C@@H](c1ccc(-c2ccnc(C)c2)cc1)C(F)(F)F)C1(C#N)CC1. The number of pyridine rings is 1. The topological polar surface area (TPSA) is 83.0 Å². The molecule has 1 aromatic heterocycles. The van der Waals surface area contributed by atoms with Crippen molar-refractivity contribution in [2.24, 2.45) is 5.73 Å². The fraction of sp³-hybridized carbons (Fsp3) is 0.435. The van der Waals surface area contributed by atoms with Gasteiger partial charge in [0.05, 0.1) is 12.1 Å². The van der Waals surface area contributed by atoms with E-state index in [1.54, 1.807) is 31.3 Å². The van der Waals surface area contributed by atoms with Crippen LogP contribution >= 0.6 is 0 Å². The molecule has 0 radical (unpaired) electrons. The molecule has 1 saturated carbocycles. The molecule has 0 unspecified atom stereocenters. The van der Waals surface area contributed by atoms with E-state index in [4.69, 9.17) is 5.73 Å². The van der Waals surface area contributed by atoms with Crippen LogP contribution in [0.3, 0.4) is 0 Å². The largest absolute Gasteiger partial charge is 0.413 e. The summed E-state index contributed by atoms with van der Waals surface area (Å²) in [6, 6.07) is 8.13. The number of nitriles is 1. The zero-order valence-electron chi connectivity index (χ0n) is 17.5. The number of aromatic nitrogens is 1. The lowest BCUT2D eigenvalue weighted by atomic mass is 9.97. The third-order valence-electron chi connectivity index (χ3n) is 5.57. The fourth-order valence-corrected chi connectivity index (χ4v) is 3.79. The molecular weight excluding hydrogens is 405 g/mol. The summed E-state index contributed by atoms with van der Waals surface area (Å²) in [5.74, 6) is -0.836. The Labute approximate surface area is 179 Å². The average molecular weight is 430 g/mol. The van der Waals surface area contributed by atoms with Gasteiger partial charge in [-0.05, 0) is 55.0 Å². The summed E-state index contributed by atoms with van der Waals surface area (Å²) < 4.78 is 42.9. The van der Waals surface area contributed by atoms with Crippen LogP contribution < -0.4 is 5.73 Å². The van der Waals surface area contributed by atoms with Crippen LogP contribution in [0.2, 0.25) is 0 Å². The van der Waals surface area contributed by atoms with Crippen LogP contribution in [-0.2, 0) is 4.79 Å². The highest BCUT2D eigenvalue weighted by Crippen LogP contribution is 2.50. The predicted molar refractivity (Wildman–Crippen MR) is 111 cm³/mol. The van der Waals surface area contributed by atoms with Crippen LogP contribution in [0, 0.1) is 18.3 Å². The molecule has 164 valence electrons. The monoisotopic (exact) mass is 430 g/mol. The minimum Gasteiger partial charge on any atom is -0.320 e. The first-order chi connectivity index (χ1) is 14.6. The molecule has 0 aliphatic heterocycles. The van der Waals surface area contributed by atoms with Crippen molar-refractivity contribution in [2.45, 2.75) is 63.3 Å². The van der Waals surface area contributed by atoms with E-state index < -0.39 is 29.7 Å². The number of aryl methyl sites for hydroxylation is 1. The quantitative estimate of drug-likeness (QED) is 0.692. The molecule has 3 rings (SSSR count). The van der Waals surface area contributed by atoms with E-state index in [1.165, 1.54) is 12.1 Å². The first-order valence-electron chi connectivity index (χ1n) is 10.2. The van der Waals surface area contributed by atoms with Crippen LogP contribution in [0.5, 0.6) is 0 Å². The van der Waals surface area contributed by atoms with Crippen LogP contribution in [0.1, 0.15) is 49.9 Å². The first kappa shape index (κ1) is 22.8. The number of hydrogen-bond acceptors (Lipinski definition) is 4. The van der Waals surface area contributed by atoms with Gasteiger partial charge < -0.3 is 10.6 Å². The number of carbonyl (C=O) groups is 1. The summed E-state index contributed by atoms with van der Waals surface area (Å²) in [6.07, 6.45) is -1.91. The van der Waals surface area contributed by atoms with Crippen molar-refractivity contribution < 1.29 is 18.0 Å². The highest BCUT2D eigenvalue weighted by molar-refractivity contribution is 5.84.